The Morgan fingerprint density at radius 3 is 2.54 bits per heavy atom. The van der Waals surface area contributed by atoms with Crippen molar-refractivity contribution in [1.82, 2.24) is 4.90 Å². The summed E-state index contributed by atoms with van der Waals surface area (Å²) >= 11 is 3.47. The predicted molar refractivity (Wildman–Crippen MR) is 101 cm³/mol. The van der Waals surface area contributed by atoms with Crippen LogP contribution in [0.25, 0.3) is 0 Å². The SMILES string of the molecule is CCCN(CCC)C(=O)CCCC(=O)N1CCc2cc(Br)ccc21. The molecule has 0 radical (unpaired) electrons. The zero-order valence-corrected chi connectivity index (χ0v) is 16.3. The first-order chi connectivity index (χ1) is 11.6. The Morgan fingerprint density at radius 1 is 1.17 bits per heavy atom. The van der Waals surface area contributed by atoms with E-state index >= 15 is 0 Å². The molecular formula is C19H27BrN2O2. The summed E-state index contributed by atoms with van der Waals surface area (Å²) in [5.41, 5.74) is 2.24. The van der Waals surface area contributed by atoms with Gasteiger partial charge in [-0.25, -0.2) is 0 Å². The Hall–Kier alpha value is -1.36. The van der Waals surface area contributed by atoms with Crippen LogP contribution in [-0.2, 0) is 16.0 Å². The number of halogens is 1. The minimum atomic E-state index is 0.126. The molecule has 1 aliphatic heterocycles. The first-order valence-electron chi connectivity index (χ1n) is 8.93. The highest BCUT2D eigenvalue weighted by atomic mass is 79.9. The van der Waals surface area contributed by atoms with E-state index in [0.717, 1.165) is 49.1 Å². The van der Waals surface area contributed by atoms with Crippen LogP contribution in [0.1, 0.15) is 51.5 Å². The molecule has 0 fully saturated rings. The summed E-state index contributed by atoms with van der Waals surface area (Å²) in [5, 5.41) is 0. The minimum Gasteiger partial charge on any atom is -0.343 e. The molecule has 1 aromatic carbocycles. The molecule has 1 heterocycles. The predicted octanol–water partition coefficient (Wildman–Crippen LogP) is 4.16. The third-order valence-electron chi connectivity index (χ3n) is 4.36. The van der Waals surface area contributed by atoms with E-state index in [1.165, 1.54) is 5.56 Å². The Morgan fingerprint density at radius 2 is 1.88 bits per heavy atom. The maximum absolute atomic E-state index is 12.5. The summed E-state index contributed by atoms with van der Waals surface area (Å²) in [4.78, 5) is 28.5. The molecule has 0 bridgehead atoms. The van der Waals surface area contributed by atoms with Gasteiger partial charge < -0.3 is 9.80 Å². The van der Waals surface area contributed by atoms with E-state index in [4.69, 9.17) is 0 Å². The van der Waals surface area contributed by atoms with E-state index in [-0.39, 0.29) is 11.8 Å². The fraction of sp³-hybridized carbons (Fsp3) is 0.579. The normalized spacial score (nSPS) is 13.0. The number of anilines is 1. The Bertz CT molecular complexity index is 583. The van der Waals surface area contributed by atoms with Crippen molar-refractivity contribution in [2.24, 2.45) is 0 Å². The van der Waals surface area contributed by atoms with Crippen LogP contribution in [-0.4, -0.2) is 36.3 Å². The molecule has 24 heavy (non-hydrogen) atoms. The first kappa shape index (κ1) is 19.0. The number of carbonyl (C=O) groups excluding carboxylic acids is 2. The van der Waals surface area contributed by atoms with Crippen molar-refractivity contribution >= 4 is 33.4 Å². The third kappa shape index (κ3) is 4.82. The Balaban J connectivity index is 1.83. The first-order valence-corrected chi connectivity index (χ1v) is 9.72. The average molecular weight is 395 g/mol. The van der Waals surface area contributed by atoms with Crippen molar-refractivity contribution in [3.05, 3.63) is 28.2 Å². The van der Waals surface area contributed by atoms with Crippen molar-refractivity contribution in [3.8, 4) is 0 Å². The average Bonchev–Trinajstić information content (AvgIpc) is 2.97. The number of nitrogens with zero attached hydrogens (tertiary/aromatic N) is 2. The molecule has 0 aliphatic carbocycles. The zero-order chi connectivity index (χ0) is 17.5. The summed E-state index contributed by atoms with van der Waals surface area (Å²) in [5.74, 6) is 0.304. The molecule has 4 nitrogen and oxygen atoms in total. The monoisotopic (exact) mass is 394 g/mol. The van der Waals surface area contributed by atoms with Crippen LogP contribution >= 0.6 is 15.9 Å². The maximum atomic E-state index is 12.5. The molecule has 132 valence electrons. The summed E-state index contributed by atoms with van der Waals surface area (Å²) in [6.07, 6.45) is 4.39. The summed E-state index contributed by atoms with van der Waals surface area (Å²) in [6.45, 7) is 6.55. The van der Waals surface area contributed by atoms with Crippen LogP contribution in [0.2, 0.25) is 0 Å². The van der Waals surface area contributed by atoms with Gasteiger partial charge in [0.05, 0.1) is 0 Å². The number of rotatable bonds is 8. The van der Waals surface area contributed by atoms with Gasteiger partial charge in [-0.1, -0.05) is 29.8 Å². The summed E-state index contributed by atoms with van der Waals surface area (Å²) < 4.78 is 1.05. The molecule has 0 aromatic heterocycles. The van der Waals surface area contributed by atoms with Gasteiger partial charge in [-0.2, -0.15) is 0 Å². The molecule has 0 atom stereocenters. The minimum absolute atomic E-state index is 0.126. The van der Waals surface area contributed by atoms with Crippen LogP contribution in [0.4, 0.5) is 5.69 Å². The van der Waals surface area contributed by atoms with Gasteiger partial charge in [-0.05, 0) is 49.4 Å². The van der Waals surface area contributed by atoms with E-state index < -0.39 is 0 Å². The summed E-state index contributed by atoms with van der Waals surface area (Å²) in [6, 6.07) is 6.06. The van der Waals surface area contributed by atoms with Crippen molar-refractivity contribution in [3.63, 3.8) is 0 Å². The lowest BCUT2D eigenvalue weighted by Gasteiger charge is -2.22. The topological polar surface area (TPSA) is 40.6 Å². The van der Waals surface area contributed by atoms with Gasteiger partial charge in [0.1, 0.15) is 0 Å². The standard InChI is InChI=1S/C19H27BrN2O2/c1-3-11-21(12-4-2)18(23)6-5-7-19(24)22-13-10-15-14-16(20)8-9-17(15)22/h8-9,14H,3-7,10-13H2,1-2H3. The number of carbonyl (C=O) groups is 2. The lowest BCUT2D eigenvalue weighted by atomic mass is 10.1. The molecule has 1 aromatic rings. The molecule has 2 rings (SSSR count). The van der Waals surface area contributed by atoms with E-state index in [2.05, 4.69) is 35.8 Å². The van der Waals surface area contributed by atoms with Crippen LogP contribution in [0.3, 0.4) is 0 Å². The van der Waals surface area contributed by atoms with E-state index in [9.17, 15) is 9.59 Å². The van der Waals surface area contributed by atoms with Gasteiger partial charge in [-0.15, -0.1) is 0 Å². The molecule has 0 unspecified atom stereocenters. The second-order valence-electron chi connectivity index (χ2n) is 6.30. The van der Waals surface area contributed by atoms with E-state index in [1.807, 2.05) is 21.9 Å². The fourth-order valence-electron chi connectivity index (χ4n) is 3.21. The quantitative estimate of drug-likeness (QED) is 0.663. The third-order valence-corrected chi connectivity index (χ3v) is 4.85. The number of amides is 2. The largest absolute Gasteiger partial charge is 0.343 e. The molecular weight excluding hydrogens is 368 g/mol. The smallest absolute Gasteiger partial charge is 0.227 e. The van der Waals surface area contributed by atoms with Gasteiger partial charge in [0.2, 0.25) is 11.8 Å². The van der Waals surface area contributed by atoms with Gasteiger partial charge in [-0.3, -0.25) is 9.59 Å². The number of benzene rings is 1. The van der Waals surface area contributed by atoms with Crippen LogP contribution in [0.15, 0.2) is 22.7 Å². The van der Waals surface area contributed by atoms with Crippen LogP contribution in [0, 0.1) is 0 Å². The number of hydrogen-bond acceptors (Lipinski definition) is 2. The second kappa shape index (κ2) is 9.21. The highest BCUT2D eigenvalue weighted by Crippen LogP contribution is 2.31. The lowest BCUT2D eigenvalue weighted by molar-refractivity contribution is -0.131. The van der Waals surface area contributed by atoms with Crippen LogP contribution < -0.4 is 4.90 Å². The van der Waals surface area contributed by atoms with Crippen molar-refractivity contribution < 1.29 is 9.59 Å². The van der Waals surface area contributed by atoms with Gasteiger partial charge in [0.25, 0.3) is 0 Å². The van der Waals surface area contributed by atoms with E-state index in [1.54, 1.807) is 0 Å². The molecule has 0 saturated heterocycles. The van der Waals surface area contributed by atoms with Crippen LogP contribution in [0.5, 0.6) is 0 Å². The fourth-order valence-corrected chi connectivity index (χ4v) is 3.62. The zero-order valence-electron chi connectivity index (χ0n) is 14.7. The second-order valence-corrected chi connectivity index (χ2v) is 7.22. The Kier molecular flexibility index (Phi) is 7.28. The molecule has 1 aliphatic rings. The molecule has 0 saturated carbocycles. The summed E-state index contributed by atoms with van der Waals surface area (Å²) in [7, 11) is 0. The van der Waals surface area contributed by atoms with Gasteiger partial charge in [0.15, 0.2) is 0 Å². The molecule has 0 N–H and O–H groups in total. The molecule has 2 amide bonds. The lowest BCUT2D eigenvalue weighted by Crippen LogP contribution is -2.33. The van der Waals surface area contributed by atoms with Crippen molar-refractivity contribution in [1.29, 1.82) is 0 Å². The molecule has 5 heteroatoms. The number of fused-ring (bicyclic) bond motifs is 1. The molecule has 0 spiro atoms. The Labute approximate surface area is 153 Å². The highest BCUT2D eigenvalue weighted by Gasteiger charge is 2.24. The maximum Gasteiger partial charge on any atom is 0.227 e. The van der Waals surface area contributed by atoms with Crippen molar-refractivity contribution in [2.75, 3.05) is 24.5 Å². The van der Waals surface area contributed by atoms with Gasteiger partial charge in [0, 0.05) is 42.6 Å². The van der Waals surface area contributed by atoms with Crippen molar-refractivity contribution in [2.45, 2.75) is 52.4 Å². The highest BCUT2D eigenvalue weighted by molar-refractivity contribution is 9.10. The van der Waals surface area contributed by atoms with E-state index in [0.29, 0.717) is 19.3 Å². The number of hydrogen-bond donors (Lipinski definition) is 0. The van der Waals surface area contributed by atoms with Gasteiger partial charge >= 0.3 is 0 Å².